The zero-order chi connectivity index (χ0) is 18.7. The van der Waals surface area contributed by atoms with Crippen LogP contribution >= 0.6 is 12.4 Å². The lowest BCUT2D eigenvalue weighted by Gasteiger charge is -2.32. The number of hydrogen-bond acceptors (Lipinski definition) is 5. The van der Waals surface area contributed by atoms with Crippen LogP contribution in [0, 0.1) is 0 Å². The van der Waals surface area contributed by atoms with Crippen LogP contribution in [-0.2, 0) is 10.0 Å². The Bertz CT molecular complexity index is 766. The lowest BCUT2D eigenvalue weighted by atomic mass is 10.1. The minimum atomic E-state index is -3.74. The van der Waals surface area contributed by atoms with E-state index in [0.29, 0.717) is 18.7 Å². The van der Waals surface area contributed by atoms with Crippen LogP contribution in [0.4, 0.5) is 0 Å². The summed E-state index contributed by atoms with van der Waals surface area (Å²) in [6, 6.07) is 4.80. The Balaban J connectivity index is 0.00000261. The molecule has 1 amide bonds. The minimum absolute atomic E-state index is 0. The molecule has 9 heteroatoms. The summed E-state index contributed by atoms with van der Waals surface area (Å²) in [5.74, 6) is 0.0963. The van der Waals surface area contributed by atoms with Crippen LogP contribution in [0.1, 0.15) is 43.0 Å². The van der Waals surface area contributed by atoms with Gasteiger partial charge in [0.25, 0.3) is 5.91 Å². The number of rotatable bonds is 5. The van der Waals surface area contributed by atoms with Crippen LogP contribution < -0.4 is 14.8 Å². The molecule has 3 rings (SSSR count). The van der Waals surface area contributed by atoms with Crippen LogP contribution in [0.3, 0.4) is 0 Å². The molecule has 1 aromatic rings. The van der Waals surface area contributed by atoms with Crippen molar-refractivity contribution in [1.29, 1.82) is 0 Å². The summed E-state index contributed by atoms with van der Waals surface area (Å²) in [7, 11) is -2.31. The Morgan fingerprint density at radius 1 is 1.30 bits per heavy atom. The highest BCUT2D eigenvalue weighted by Crippen LogP contribution is 2.27. The average Bonchev–Trinajstić information content (AvgIpc) is 3.12. The topological polar surface area (TPSA) is 87.7 Å². The fourth-order valence-corrected chi connectivity index (χ4v) is 5.15. The summed E-state index contributed by atoms with van der Waals surface area (Å²) < 4.78 is 33.7. The van der Waals surface area contributed by atoms with Crippen LogP contribution in [0.25, 0.3) is 0 Å². The van der Waals surface area contributed by atoms with E-state index in [9.17, 15) is 13.2 Å². The summed E-state index contributed by atoms with van der Waals surface area (Å²) in [6.07, 6.45) is 3.76. The SMILES string of the molecule is COc1ccc(C(=O)N2CCNC(C)C2)cc1S(=O)(=O)NC1CCCC1.Cl. The standard InChI is InChI=1S/C18H27N3O4S.ClH/c1-13-12-21(10-9-19-13)18(22)14-7-8-16(25-2)17(11-14)26(23,24)20-15-5-3-4-6-15;/h7-8,11,13,15,19-20H,3-6,9-10,12H2,1-2H3;1H. The van der Waals surface area contributed by atoms with E-state index < -0.39 is 10.0 Å². The Morgan fingerprint density at radius 3 is 2.63 bits per heavy atom. The number of nitrogens with one attached hydrogen (secondary N) is 2. The van der Waals surface area contributed by atoms with Crippen molar-refractivity contribution in [3.8, 4) is 5.75 Å². The van der Waals surface area contributed by atoms with Gasteiger partial charge in [0.1, 0.15) is 10.6 Å². The quantitative estimate of drug-likeness (QED) is 0.762. The molecule has 1 saturated carbocycles. The summed E-state index contributed by atoms with van der Waals surface area (Å²) in [5.41, 5.74) is 0.367. The monoisotopic (exact) mass is 417 g/mol. The van der Waals surface area contributed by atoms with E-state index in [1.807, 2.05) is 6.92 Å². The Labute approximate surface area is 167 Å². The molecule has 7 nitrogen and oxygen atoms in total. The van der Waals surface area contributed by atoms with Gasteiger partial charge in [0.05, 0.1) is 7.11 Å². The molecule has 1 heterocycles. The molecule has 152 valence electrons. The molecular weight excluding hydrogens is 390 g/mol. The number of nitrogens with zero attached hydrogens (tertiary/aromatic N) is 1. The molecule has 2 N–H and O–H groups in total. The number of piperazine rings is 1. The summed E-state index contributed by atoms with van der Waals surface area (Å²) in [5, 5.41) is 3.29. The molecule has 0 aromatic heterocycles. The number of benzene rings is 1. The molecule has 1 aliphatic heterocycles. The second-order valence-corrected chi connectivity index (χ2v) is 8.76. The zero-order valence-corrected chi connectivity index (χ0v) is 17.4. The third-order valence-electron chi connectivity index (χ3n) is 5.03. The number of ether oxygens (including phenoxy) is 1. The van der Waals surface area contributed by atoms with Crippen LogP contribution in [0.5, 0.6) is 5.75 Å². The molecule has 0 spiro atoms. The molecule has 1 aromatic carbocycles. The smallest absolute Gasteiger partial charge is 0.253 e. The molecular formula is C18H28ClN3O4S. The first-order chi connectivity index (χ1) is 12.4. The van der Waals surface area contributed by atoms with Crippen molar-refractivity contribution < 1.29 is 17.9 Å². The van der Waals surface area contributed by atoms with E-state index in [1.54, 1.807) is 17.0 Å². The predicted octanol–water partition coefficient (Wildman–Crippen LogP) is 1.77. The van der Waals surface area contributed by atoms with Gasteiger partial charge < -0.3 is 15.0 Å². The molecule has 2 aliphatic rings. The Kier molecular flexibility index (Phi) is 7.50. The van der Waals surface area contributed by atoms with Crippen molar-refractivity contribution in [1.82, 2.24) is 14.9 Å². The second-order valence-electron chi connectivity index (χ2n) is 7.07. The van der Waals surface area contributed by atoms with Crippen molar-refractivity contribution in [3.63, 3.8) is 0 Å². The number of carbonyl (C=O) groups is 1. The summed E-state index contributed by atoms with van der Waals surface area (Å²) in [4.78, 5) is 14.6. The molecule has 1 aliphatic carbocycles. The van der Waals surface area contributed by atoms with Crippen molar-refractivity contribution >= 4 is 28.3 Å². The van der Waals surface area contributed by atoms with Gasteiger partial charge in [-0.3, -0.25) is 4.79 Å². The summed E-state index contributed by atoms with van der Waals surface area (Å²) >= 11 is 0. The fraction of sp³-hybridized carbons (Fsp3) is 0.611. The number of methoxy groups -OCH3 is 1. The molecule has 2 fully saturated rings. The lowest BCUT2D eigenvalue weighted by molar-refractivity contribution is 0.0709. The number of amides is 1. The van der Waals surface area contributed by atoms with Gasteiger partial charge in [-0.15, -0.1) is 12.4 Å². The Morgan fingerprint density at radius 2 is 2.00 bits per heavy atom. The van der Waals surface area contributed by atoms with Gasteiger partial charge in [-0.2, -0.15) is 0 Å². The highest BCUT2D eigenvalue weighted by molar-refractivity contribution is 7.89. The van der Waals surface area contributed by atoms with Crippen LogP contribution in [0.15, 0.2) is 23.1 Å². The summed E-state index contributed by atoms with van der Waals surface area (Å²) in [6.45, 7) is 3.97. The van der Waals surface area contributed by atoms with Gasteiger partial charge in [-0.05, 0) is 38.0 Å². The van der Waals surface area contributed by atoms with Crippen molar-refractivity contribution in [2.45, 2.75) is 49.6 Å². The molecule has 1 saturated heterocycles. The number of sulfonamides is 1. The van der Waals surface area contributed by atoms with Crippen molar-refractivity contribution in [3.05, 3.63) is 23.8 Å². The maximum absolute atomic E-state index is 12.8. The van der Waals surface area contributed by atoms with E-state index in [2.05, 4.69) is 10.0 Å². The van der Waals surface area contributed by atoms with Gasteiger partial charge in [-0.1, -0.05) is 12.8 Å². The average molecular weight is 418 g/mol. The fourth-order valence-electron chi connectivity index (χ4n) is 3.65. The Hall–Kier alpha value is -1.35. The first kappa shape index (κ1) is 21.9. The maximum Gasteiger partial charge on any atom is 0.253 e. The van der Waals surface area contributed by atoms with Crippen LogP contribution in [-0.4, -0.2) is 58.1 Å². The van der Waals surface area contributed by atoms with Crippen molar-refractivity contribution in [2.24, 2.45) is 0 Å². The van der Waals surface area contributed by atoms with Crippen LogP contribution in [0.2, 0.25) is 0 Å². The number of hydrogen-bond donors (Lipinski definition) is 2. The van der Waals surface area contributed by atoms with Gasteiger partial charge in [-0.25, -0.2) is 13.1 Å². The molecule has 27 heavy (non-hydrogen) atoms. The van der Waals surface area contributed by atoms with E-state index >= 15 is 0 Å². The van der Waals surface area contributed by atoms with Gasteiger partial charge >= 0.3 is 0 Å². The molecule has 0 bridgehead atoms. The molecule has 1 atom stereocenters. The maximum atomic E-state index is 12.8. The zero-order valence-electron chi connectivity index (χ0n) is 15.7. The normalized spacial score (nSPS) is 21.0. The largest absolute Gasteiger partial charge is 0.495 e. The predicted molar refractivity (Wildman–Crippen MR) is 106 cm³/mol. The van der Waals surface area contributed by atoms with Gasteiger partial charge in [0, 0.05) is 37.3 Å². The van der Waals surface area contributed by atoms with E-state index in [-0.39, 0.29) is 41.0 Å². The molecule has 0 radical (unpaired) electrons. The molecule has 1 unspecified atom stereocenters. The van der Waals surface area contributed by atoms with E-state index in [0.717, 1.165) is 32.2 Å². The third kappa shape index (κ3) is 5.13. The first-order valence-electron chi connectivity index (χ1n) is 9.14. The van der Waals surface area contributed by atoms with Crippen molar-refractivity contribution in [2.75, 3.05) is 26.7 Å². The number of halogens is 1. The number of carbonyl (C=O) groups excluding carboxylic acids is 1. The van der Waals surface area contributed by atoms with Gasteiger partial charge in [0.15, 0.2) is 0 Å². The lowest BCUT2D eigenvalue weighted by Crippen LogP contribution is -2.51. The second kappa shape index (κ2) is 9.23. The minimum Gasteiger partial charge on any atom is -0.495 e. The first-order valence-corrected chi connectivity index (χ1v) is 10.6. The van der Waals surface area contributed by atoms with Gasteiger partial charge in [0.2, 0.25) is 10.0 Å². The third-order valence-corrected chi connectivity index (χ3v) is 6.57. The van der Waals surface area contributed by atoms with E-state index in [1.165, 1.54) is 13.2 Å². The van der Waals surface area contributed by atoms with E-state index in [4.69, 9.17) is 4.74 Å². The highest BCUT2D eigenvalue weighted by Gasteiger charge is 2.28. The highest BCUT2D eigenvalue weighted by atomic mass is 35.5.